The van der Waals surface area contributed by atoms with Crippen LogP contribution in [0.15, 0.2) is 65.6 Å². The molecule has 0 radical (unpaired) electrons. The van der Waals surface area contributed by atoms with E-state index >= 15 is 0 Å². The molecule has 0 spiro atoms. The fraction of sp³-hybridized carbons (Fsp3) is 0.0476. The molecule has 0 atom stereocenters. The van der Waals surface area contributed by atoms with Crippen LogP contribution in [-0.4, -0.2) is 21.0 Å². The van der Waals surface area contributed by atoms with Gasteiger partial charge in [0.05, 0.1) is 17.7 Å². The van der Waals surface area contributed by atoms with Gasteiger partial charge in [0.2, 0.25) is 11.8 Å². The van der Waals surface area contributed by atoms with Crippen molar-refractivity contribution in [1.82, 2.24) is 15.1 Å². The molecule has 6 nitrogen and oxygen atoms in total. The van der Waals surface area contributed by atoms with E-state index in [1.807, 2.05) is 0 Å². The van der Waals surface area contributed by atoms with E-state index in [-0.39, 0.29) is 34.5 Å². The van der Waals surface area contributed by atoms with Crippen molar-refractivity contribution in [2.75, 3.05) is 5.32 Å². The van der Waals surface area contributed by atoms with Crippen LogP contribution in [0.4, 0.5) is 10.3 Å². The first kappa shape index (κ1) is 20.0. The Hall–Kier alpha value is -3.29. The molecule has 2 aromatic carbocycles. The van der Waals surface area contributed by atoms with E-state index in [4.69, 9.17) is 27.7 Å². The molecule has 0 unspecified atom stereocenters. The maximum absolute atomic E-state index is 14.5. The third-order valence-corrected chi connectivity index (χ3v) is 4.88. The summed E-state index contributed by atoms with van der Waals surface area (Å²) in [5, 5.41) is 7.37. The van der Waals surface area contributed by atoms with Gasteiger partial charge in [-0.25, -0.2) is 14.4 Å². The van der Waals surface area contributed by atoms with Crippen molar-refractivity contribution in [3.05, 3.63) is 82.5 Å². The van der Waals surface area contributed by atoms with Gasteiger partial charge in [-0.1, -0.05) is 46.6 Å². The minimum Gasteiger partial charge on any atom is -0.337 e. The largest absolute Gasteiger partial charge is 0.337 e. The minimum atomic E-state index is -0.583. The Morgan fingerprint density at radius 1 is 1.13 bits per heavy atom. The lowest BCUT2D eigenvalue weighted by molar-refractivity contribution is -0.115. The molecule has 0 saturated heterocycles. The van der Waals surface area contributed by atoms with Gasteiger partial charge in [-0.2, -0.15) is 0 Å². The Morgan fingerprint density at radius 2 is 1.97 bits per heavy atom. The average Bonchev–Trinajstić information content (AvgIpc) is 3.13. The Morgan fingerprint density at radius 3 is 2.70 bits per heavy atom. The van der Waals surface area contributed by atoms with Gasteiger partial charge in [-0.3, -0.25) is 10.1 Å². The molecule has 4 rings (SSSR count). The number of nitrogens with one attached hydrogen (secondary N) is 1. The van der Waals surface area contributed by atoms with Gasteiger partial charge in [-0.05, 0) is 35.9 Å². The summed E-state index contributed by atoms with van der Waals surface area (Å²) in [5.74, 6) is -0.923. The van der Waals surface area contributed by atoms with Crippen molar-refractivity contribution < 1.29 is 13.7 Å². The molecular weight excluding hydrogens is 430 g/mol. The van der Waals surface area contributed by atoms with E-state index in [0.29, 0.717) is 21.8 Å². The van der Waals surface area contributed by atoms with Gasteiger partial charge in [0.25, 0.3) is 0 Å². The maximum atomic E-state index is 14.5. The lowest BCUT2D eigenvalue weighted by Gasteiger charge is -2.07. The fourth-order valence-corrected chi connectivity index (χ4v) is 3.26. The van der Waals surface area contributed by atoms with Crippen molar-refractivity contribution >= 4 is 35.0 Å². The Bertz CT molecular complexity index is 1210. The lowest BCUT2D eigenvalue weighted by Crippen LogP contribution is -2.14. The number of rotatable bonds is 5. The molecule has 2 heterocycles. The number of benzene rings is 2. The summed E-state index contributed by atoms with van der Waals surface area (Å²) in [6.07, 6.45) is 2.88. The highest BCUT2D eigenvalue weighted by atomic mass is 35.5. The van der Waals surface area contributed by atoms with Gasteiger partial charge >= 0.3 is 0 Å². The van der Waals surface area contributed by atoms with Crippen LogP contribution in [0.1, 0.15) is 5.56 Å². The van der Waals surface area contributed by atoms with Crippen molar-refractivity contribution in [2.24, 2.45) is 0 Å². The van der Waals surface area contributed by atoms with Gasteiger partial charge in [0.1, 0.15) is 17.8 Å². The number of nitrogens with zero attached hydrogens (tertiary/aromatic N) is 3. The second-order valence-electron chi connectivity index (χ2n) is 6.27. The SMILES string of the molecule is O=C(Cc1ccccc1Cl)Nc1onc(-c2ccc(Cl)cc2F)c1-c1ccncn1. The number of halogens is 3. The first-order valence-corrected chi connectivity index (χ1v) is 9.53. The molecule has 0 saturated carbocycles. The van der Waals surface area contributed by atoms with E-state index in [0.717, 1.165) is 0 Å². The van der Waals surface area contributed by atoms with Gasteiger partial charge in [0.15, 0.2) is 0 Å². The van der Waals surface area contributed by atoms with Gasteiger partial charge in [0, 0.05) is 21.8 Å². The summed E-state index contributed by atoms with van der Waals surface area (Å²) in [4.78, 5) is 20.7. The number of hydrogen-bond acceptors (Lipinski definition) is 5. The number of amides is 1. The highest BCUT2D eigenvalue weighted by molar-refractivity contribution is 6.31. The normalized spacial score (nSPS) is 10.8. The van der Waals surface area contributed by atoms with Crippen LogP contribution in [0, 0.1) is 5.82 Å². The Balaban J connectivity index is 1.72. The molecule has 2 aromatic heterocycles. The second kappa shape index (κ2) is 8.61. The zero-order chi connectivity index (χ0) is 21.1. The topological polar surface area (TPSA) is 80.9 Å². The van der Waals surface area contributed by atoms with Gasteiger partial charge < -0.3 is 4.52 Å². The molecule has 0 fully saturated rings. The van der Waals surface area contributed by atoms with Crippen LogP contribution in [0.5, 0.6) is 0 Å². The van der Waals surface area contributed by atoms with Gasteiger partial charge in [-0.15, -0.1) is 0 Å². The van der Waals surface area contributed by atoms with Crippen molar-refractivity contribution in [3.63, 3.8) is 0 Å². The monoisotopic (exact) mass is 442 g/mol. The summed E-state index contributed by atoms with van der Waals surface area (Å²) >= 11 is 12.0. The summed E-state index contributed by atoms with van der Waals surface area (Å²) < 4.78 is 19.9. The molecule has 9 heteroatoms. The number of carbonyl (C=O) groups is 1. The predicted octanol–water partition coefficient (Wildman–Crippen LogP) is 5.43. The molecule has 0 bridgehead atoms. The summed E-state index contributed by atoms with van der Waals surface area (Å²) in [6, 6.07) is 12.8. The summed E-state index contributed by atoms with van der Waals surface area (Å²) in [7, 11) is 0. The van der Waals surface area contributed by atoms with Crippen molar-refractivity contribution in [1.29, 1.82) is 0 Å². The van der Waals surface area contributed by atoms with Crippen LogP contribution in [0.2, 0.25) is 10.0 Å². The second-order valence-corrected chi connectivity index (χ2v) is 7.11. The van der Waals surface area contributed by atoms with E-state index in [1.54, 1.807) is 30.3 Å². The van der Waals surface area contributed by atoms with E-state index in [2.05, 4.69) is 20.4 Å². The molecule has 1 N–H and O–H groups in total. The predicted molar refractivity (Wildman–Crippen MR) is 112 cm³/mol. The number of carbonyl (C=O) groups excluding carboxylic acids is 1. The van der Waals surface area contributed by atoms with Crippen LogP contribution >= 0.6 is 23.2 Å². The van der Waals surface area contributed by atoms with Crippen LogP contribution in [0.3, 0.4) is 0 Å². The van der Waals surface area contributed by atoms with E-state index in [1.165, 1.54) is 30.7 Å². The summed E-state index contributed by atoms with van der Waals surface area (Å²) in [6.45, 7) is 0. The smallest absolute Gasteiger partial charge is 0.241 e. The lowest BCUT2D eigenvalue weighted by atomic mass is 10.0. The molecule has 4 aromatic rings. The molecule has 0 aliphatic carbocycles. The standard InChI is InChI=1S/C21H13Cl2FN4O2/c22-13-5-6-14(16(24)10-13)20-19(17-7-8-25-11-26-17)21(30-28-20)27-18(29)9-12-3-1-2-4-15(12)23/h1-8,10-11H,9H2,(H,27,29). The highest BCUT2D eigenvalue weighted by Gasteiger charge is 2.24. The molecule has 1 amide bonds. The molecule has 0 aliphatic heterocycles. The summed E-state index contributed by atoms with van der Waals surface area (Å²) in [5.41, 5.74) is 1.72. The molecule has 30 heavy (non-hydrogen) atoms. The van der Waals surface area contributed by atoms with Crippen LogP contribution < -0.4 is 5.32 Å². The average molecular weight is 443 g/mol. The number of anilines is 1. The van der Waals surface area contributed by atoms with E-state index in [9.17, 15) is 9.18 Å². The first-order chi connectivity index (χ1) is 14.5. The Kier molecular flexibility index (Phi) is 5.74. The zero-order valence-electron chi connectivity index (χ0n) is 15.3. The number of hydrogen-bond donors (Lipinski definition) is 1. The molecular formula is C21H13Cl2FN4O2. The third kappa shape index (κ3) is 4.17. The van der Waals surface area contributed by atoms with E-state index < -0.39 is 5.82 Å². The molecule has 0 aliphatic rings. The maximum Gasteiger partial charge on any atom is 0.241 e. The van der Waals surface area contributed by atoms with Crippen LogP contribution in [-0.2, 0) is 11.2 Å². The van der Waals surface area contributed by atoms with Crippen molar-refractivity contribution in [2.45, 2.75) is 6.42 Å². The first-order valence-electron chi connectivity index (χ1n) is 8.77. The van der Waals surface area contributed by atoms with Crippen molar-refractivity contribution in [3.8, 4) is 22.5 Å². The minimum absolute atomic E-state index is 0.0221. The van der Waals surface area contributed by atoms with Crippen LogP contribution in [0.25, 0.3) is 22.5 Å². The third-order valence-electron chi connectivity index (χ3n) is 4.28. The molecule has 150 valence electrons. The zero-order valence-corrected chi connectivity index (χ0v) is 16.8. The number of aromatic nitrogens is 3. The quantitative estimate of drug-likeness (QED) is 0.445. The Labute approximate surface area is 180 Å². The fourth-order valence-electron chi connectivity index (χ4n) is 2.90. The highest BCUT2D eigenvalue weighted by Crippen LogP contribution is 2.38.